The zero-order chi connectivity index (χ0) is 18.1. The van der Waals surface area contributed by atoms with Gasteiger partial charge in [-0.25, -0.2) is 0 Å². The minimum atomic E-state index is -0.769. The van der Waals surface area contributed by atoms with Gasteiger partial charge in [0.1, 0.15) is 6.54 Å². The van der Waals surface area contributed by atoms with Crippen LogP contribution in [0.25, 0.3) is 21.9 Å². The maximum Gasteiger partial charge on any atom is 0.317 e. The van der Waals surface area contributed by atoms with Crippen molar-refractivity contribution in [2.75, 3.05) is 5.32 Å². The second kappa shape index (κ2) is 6.29. The van der Waals surface area contributed by atoms with Gasteiger partial charge in [-0.2, -0.15) is 0 Å². The summed E-state index contributed by atoms with van der Waals surface area (Å²) in [7, 11) is 0. The molecule has 0 spiro atoms. The summed E-state index contributed by atoms with van der Waals surface area (Å²) in [5.74, 6) is -0.416. The summed E-state index contributed by atoms with van der Waals surface area (Å²) in [5.41, 5.74) is 0.667. The number of carbonyl (C=O) groups excluding carboxylic acids is 1. The van der Waals surface area contributed by atoms with Crippen molar-refractivity contribution < 1.29 is 4.79 Å². The first-order valence-electron chi connectivity index (χ1n) is 7.99. The molecule has 0 fully saturated rings. The van der Waals surface area contributed by atoms with Crippen LogP contribution in [0, 0.1) is 0 Å². The van der Waals surface area contributed by atoms with Gasteiger partial charge in [0.2, 0.25) is 5.91 Å². The number of anilines is 1. The first kappa shape index (κ1) is 15.8. The van der Waals surface area contributed by atoms with Gasteiger partial charge < -0.3 is 10.3 Å². The van der Waals surface area contributed by atoms with Crippen molar-refractivity contribution in [3.8, 4) is 0 Å². The van der Waals surface area contributed by atoms with E-state index in [2.05, 4.69) is 15.3 Å². The maximum absolute atomic E-state index is 12.5. The van der Waals surface area contributed by atoms with Crippen LogP contribution in [-0.2, 0) is 11.3 Å². The summed E-state index contributed by atoms with van der Waals surface area (Å²) in [5, 5.41) is 3.66. The van der Waals surface area contributed by atoms with Gasteiger partial charge in [0.05, 0.1) is 22.2 Å². The number of H-pyrrole nitrogens is 1. The molecule has 0 aliphatic heterocycles. The SMILES string of the molecule is O=C(Cn1c(=O)c(=O)[nH]c2ccccc21)Nc1cccc2cccnc12. The van der Waals surface area contributed by atoms with Crippen LogP contribution < -0.4 is 16.4 Å². The number of hydrogen-bond donors (Lipinski definition) is 2. The predicted molar refractivity (Wildman–Crippen MR) is 99.2 cm³/mol. The average molecular weight is 346 g/mol. The lowest BCUT2D eigenvalue weighted by molar-refractivity contribution is -0.116. The Bertz CT molecular complexity index is 1250. The number of fused-ring (bicyclic) bond motifs is 2. The van der Waals surface area contributed by atoms with Crippen molar-refractivity contribution in [1.29, 1.82) is 0 Å². The fourth-order valence-corrected chi connectivity index (χ4v) is 2.92. The van der Waals surface area contributed by atoms with Gasteiger partial charge in [-0.05, 0) is 24.3 Å². The summed E-state index contributed by atoms with van der Waals surface area (Å²) in [4.78, 5) is 43.4. The monoisotopic (exact) mass is 346 g/mol. The standard InChI is InChI=1S/C19H14N4O3/c24-16(21-14-8-3-5-12-6-4-10-20-17(12)14)11-23-15-9-2-1-7-13(15)22-18(25)19(23)26/h1-10H,11H2,(H,21,24)(H,22,25). The summed E-state index contributed by atoms with van der Waals surface area (Å²) in [6, 6.07) is 16.0. The van der Waals surface area contributed by atoms with Crippen LogP contribution in [0.4, 0.5) is 5.69 Å². The minimum Gasteiger partial charge on any atom is -0.323 e. The topological polar surface area (TPSA) is 96.9 Å². The number of rotatable bonds is 3. The summed E-state index contributed by atoms with van der Waals surface area (Å²) >= 11 is 0. The van der Waals surface area contributed by atoms with E-state index in [1.807, 2.05) is 24.3 Å². The lowest BCUT2D eigenvalue weighted by Gasteiger charge is -2.11. The molecule has 0 atom stereocenters. The van der Waals surface area contributed by atoms with Crippen molar-refractivity contribution >= 4 is 33.5 Å². The summed E-state index contributed by atoms with van der Waals surface area (Å²) in [6.45, 7) is -0.271. The van der Waals surface area contributed by atoms with Gasteiger partial charge in [0, 0.05) is 11.6 Å². The normalized spacial score (nSPS) is 10.9. The number of amides is 1. The Kier molecular flexibility index (Phi) is 3.81. The van der Waals surface area contributed by atoms with Crippen molar-refractivity contribution in [3.05, 3.63) is 81.5 Å². The highest BCUT2D eigenvalue weighted by Gasteiger charge is 2.12. The molecule has 4 aromatic rings. The Hall–Kier alpha value is -3.74. The second-order valence-corrected chi connectivity index (χ2v) is 5.79. The molecule has 7 nitrogen and oxygen atoms in total. The smallest absolute Gasteiger partial charge is 0.317 e. The third-order valence-electron chi connectivity index (χ3n) is 4.09. The van der Waals surface area contributed by atoms with Crippen LogP contribution in [0.1, 0.15) is 0 Å². The highest BCUT2D eigenvalue weighted by molar-refractivity contribution is 6.00. The molecule has 0 aliphatic carbocycles. The number of pyridine rings is 1. The fraction of sp³-hybridized carbons (Fsp3) is 0.0526. The molecular weight excluding hydrogens is 332 g/mol. The third kappa shape index (κ3) is 2.75. The van der Waals surface area contributed by atoms with Crippen molar-refractivity contribution in [3.63, 3.8) is 0 Å². The quantitative estimate of drug-likeness (QED) is 0.554. The second-order valence-electron chi connectivity index (χ2n) is 5.79. The van der Waals surface area contributed by atoms with Crippen LogP contribution in [0.3, 0.4) is 0 Å². The molecular formula is C19H14N4O3. The van der Waals surface area contributed by atoms with E-state index >= 15 is 0 Å². The Balaban J connectivity index is 1.71. The lowest BCUT2D eigenvalue weighted by Crippen LogP contribution is -2.38. The molecule has 0 unspecified atom stereocenters. The number of aromatic amines is 1. The minimum absolute atomic E-state index is 0.271. The van der Waals surface area contributed by atoms with Gasteiger partial charge in [-0.15, -0.1) is 0 Å². The van der Waals surface area contributed by atoms with Gasteiger partial charge in [-0.3, -0.25) is 23.9 Å². The number of benzene rings is 2. The highest BCUT2D eigenvalue weighted by Crippen LogP contribution is 2.20. The molecule has 2 heterocycles. The number of carbonyl (C=O) groups is 1. The van der Waals surface area contributed by atoms with E-state index in [4.69, 9.17) is 0 Å². The average Bonchev–Trinajstić information content (AvgIpc) is 2.66. The number of nitrogens with zero attached hydrogens (tertiary/aromatic N) is 2. The Morgan fingerprint density at radius 3 is 2.73 bits per heavy atom. The van der Waals surface area contributed by atoms with Crippen molar-refractivity contribution in [1.82, 2.24) is 14.5 Å². The summed E-state index contributed by atoms with van der Waals surface area (Å²) in [6.07, 6.45) is 1.65. The van der Waals surface area contributed by atoms with E-state index in [0.29, 0.717) is 22.2 Å². The van der Waals surface area contributed by atoms with Crippen LogP contribution in [0.5, 0.6) is 0 Å². The third-order valence-corrected chi connectivity index (χ3v) is 4.09. The van der Waals surface area contributed by atoms with E-state index in [1.54, 1.807) is 36.5 Å². The van der Waals surface area contributed by atoms with E-state index in [-0.39, 0.29) is 6.54 Å². The fourth-order valence-electron chi connectivity index (χ4n) is 2.92. The molecule has 2 N–H and O–H groups in total. The molecule has 0 radical (unpaired) electrons. The lowest BCUT2D eigenvalue weighted by atomic mass is 10.2. The maximum atomic E-state index is 12.5. The molecule has 1 amide bonds. The van der Waals surface area contributed by atoms with Crippen LogP contribution in [0.15, 0.2) is 70.4 Å². The van der Waals surface area contributed by atoms with Crippen molar-refractivity contribution in [2.45, 2.75) is 6.54 Å². The molecule has 0 bridgehead atoms. The Labute approximate surface area is 146 Å². The van der Waals surface area contributed by atoms with E-state index < -0.39 is 17.0 Å². The van der Waals surface area contributed by atoms with Gasteiger partial charge in [-0.1, -0.05) is 30.3 Å². The predicted octanol–water partition coefficient (Wildman–Crippen LogP) is 1.88. The molecule has 0 aliphatic rings. The van der Waals surface area contributed by atoms with Crippen molar-refractivity contribution in [2.24, 2.45) is 0 Å². The van der Waals surface area contributed by atoms with Gasteiger partial charge in [0.25, 0.3) is 0 Å². The number of hydrogen-bond acceptors (Lipinski definition) is 4. The zero-order valence-electron chi connectivity index (χ0n) is 13.6. The molecule has 0 saturated heterocycles. The van der Waals surface area contributed by atoms with Crippen LogP contribution in [0.2, 0.25) is 0 Å². The summed E-state index contributed by atoms with van der Waals surface area (Å²) < 4.78 is 1.17. The first-order valence-corrected chi connectivity index (χ1v) is 7.99. The molecule has 128 valence electrons. The Morgan fingerprint density at radius 2 is 1.85 bits per heavy atom. The zero-order valence-corrected chi connectivity index (χ0v) is 13.6. The number of para-hydroxylation sites is 3. The van der Waals surface area contributed by atoms with Gasteiger partial charge in [0.15, 0.2) is 0 Å². The van der Waals surface area contributed by atoms with Crippen LogP contribution >= 0.6 is 0 Å². The Morgan fingerprint density at radius 1 is 1.04 bits per heavy atom. The molecule has 26 heavy (non-hydrogen) atoms. The molecule has 4 rings (SSSR count). The van der Waals surface area contributed by atoms with E-state index in [1.165, 1.54) is 4.57 Å². The molecule has 7 heteroatoms. The van der Waals surface area contributed by atoms with E-state index in [9.17, 15) is 14.4 Å². The van der Waals surface area contributed by atoms with E-state index in [0.717, 1.165) is 5.39 Å². The molecule has 2 aromatic heterocycles. The first-order chi connectivity index (χ1) is 12.6. The van der Waals surface area contributed by atoms with Crippen LogP contribution in [-0.4, -0.2) is 20.4 Å². The highest BCUT2D eigenvalue weighted by atomic mass is 16.2. The number of aromatic nitrogens is 3. The number of nitrogens with one attached hydrogen (secondary N) is 2. The largest absolute Gasteiger partial charge is 0.323 e. The molecule has 2 aromatic carbocycles. The molecule has 0 saturated carbocycles. The van der Waals surface area contributed by atoms with Gasteiger partial charge >= 0.3 is 11.1 Å².